The molecular weight excluding hydrogens is 470 g/mol. The first-order valence-corrected chi connectivity index (χ1v) is 12.6. The molecule has 0 unspecified atom stereocenters. The molecule has 10 nitrogen and oxygen atoms in total. The summed E-state index contributed by atoms with van der Waals surface area (Å²) in [6, 6.07) is 17.1. The molecule has 0 spiro atoms. The summed E-state index contributed by atoms with van der Waals surface area (Å²) >= 11 is 0. The number of rotatable bonds is 10. The van der Waals surface area contributed by atoms with Gasteiger partial charge in [0.15, 0.2) is 5.76 Å². The van der Waals surface area contributed by atoms with Gasteiger partial charge in [-0.3, -0.25) is 14.6 Å². The minimum Gasteiger partial charge on any atom is -0.451 e. The molecule has 2 aromatic carbocycles. The Balaban J connectivity index is 1.46. The molecule has 0 bridgehead atoms. The molecule has 2 amide bonds. The Kier molecular flexibility index (Phi) is 7.39. The van der Waals surface area contributed by atoms with E-state index in [1.165, 1.54) is 0 Å². The van der Waals surface area contributed by atoms with Crippen molar-refractivity contribution in [2.45, 2.75) is 25.3 Å². The van der Waals surface area contributed by atoms with Crippen LogP contribution in [-0.4, -0.2) is 37.8 Å². The number of hydrogen-bond acceptors (Lipinski definition) is 6. The molecule has 5 N–H and O–H groups in total. The van der Waals surface area contributed by atoms with Gasteiger partial charge in [0, 0.05) is 29.2 Å². The molecule has 0 saturated heterocycles. The van der Waals surface area contributed by atoms with Crippen LogP contribution in [0, 0.1) is 0 Å². The van der Waals surface area contributed by atoms with Crippen molar-refractivity contribution in [2.75, 3.05) is 11.9 Å². The van der Waals surface area contributed by atoms with Crippen LogP contribution in [0.15, 0.2) is 71.3 Å². The number of nitrogens with one attached hydrogen (secondary N) is 3. The number of nitrogens with zero attached hydrogens (tertiary/aromatic N) is 1. The third-order valence-corrected chi connectivity index (χ3v) is 5.97. The van der Waals surface area contributed by atoms with E-state index < -0.39 is 28.1 Å². The monoisotopic (exact) mass is 495 g/mol. The summed E-state index contributed by atoms with van der Waals surface area (Å²) in [6.07, 6.45) is 2.83. The predicted octanol–water partition coefficient (Wildman–Crippen LogP) is 2.68. The zero-order valence-electron chi connectivity index (χ0n) is 18.7. The van der Waals surface area contributed by atoms with Crippen LogP contribution < -0.4 is 20.5 Å². The zero-order chi connectivity index (χ0) is 24.8. The summed E-state index contributed by atoms with van der Waals surface area (Å²) in [6.45, 7) is 0.126. The van der Waals surface area contributed by atoms with Crippen molar-refractivity contribution in [3.05, 3.63) is 72.6 Å². The highest BCUT2D eigenvalue weighted by molar-refractivity contribution is 7.87. The Morgan fingerprint density at radius 2 is 1.80 bits per heavy atom. The van der Waals surface area contributed by atoms with Crippen molar-refractivity contribution in [3.8, 4) is 0 Å². The van der Waals surface area contributed by atoms with Crippen LogP contribution in [0.5, 0.6) is 0 Å². The summed E-state index contributed by atoms with van der Waals surface area (Å²) in [5.74, 6) is -0.844. The number of unbranched alkanes of at least 4 members (excludes halogenated alkanes) is 1. The highest BCUT2D eigenvalue weighted by Crippen LogP contribution is 2.20. The molecule has 182 valence electrons. The van der Waals surface area contributed by atoms with Gasteiger partial charge in [0.25, 0.3) is 16.1 Å². The van der Waals surface area contributed by atoms with Gasteiger partial charge in [-0.05, 0) is 49.6 Å². The van der Waals surface area contributed by atoms with Crippen LogP contribution in [-0.2, 0) is 15.0 Å². The molecule has 2 heterocycles. The van der Waals surface area contributed by atoms with E-state index in [1.807, 2.05) is 30.3 Å². The Bertz CT molecular complexity index is 1430. The van der Waals surface area contributed by atoms with E-state index in [4.69, 9.17) is 9.56 Å². The smallest absolute Gasteiger partial charge is 0.287 e. The fraction of sp³-hybridized carbons (Fsp3) is 0.208. The zero-order valence-corrected chi connectivity index (χ0v) is 19.5. The molecule has 2 aromatic heterocycles. The van der Waals surface area contributed by atoms with E-state index in [1.54, 1.807) is 36.5 Å². The van der Waals surface area contributed by atoms with Crippen molar-refractivity contribution < 1.29 is 22.4 Å². The van der Waals surface area contributed by atoms with Gasteiger partial charge in [-0.15, -0.1) is 0 Å². The number of aromatic nitrogens is 1. The Hall–Kier alpha value is -3.80. The van der Waals surface area contributed by atoms with E-state index in [-0.39, 0.29) is 18.7 Å². The first kappa shape index (κ1) is 24.3. The maximum atomic E-state index is 13.1. The number of benzene rings is 2. The second-order valence-corrected chi connectivity index (χ2v) is 9.39. The van der Waals surface area contributed by atoms with Gasteiger partial charge in [-0.25, -0.2) is 9.86 Å². The lowest BCUT2D eigenvalue weighted by molar-refractivity contribution is -0.118. The number of anilines is 1. The number of carbonyl (C=O) groups is 2. The molecule has 0 radical (unpaired) electrons. The highest BCUT2D eigenvalue weighted by Gasteiger charge is 2.23. The van der Waals surface area contributed by atoms with Gasteiger partial charge < -0.3 is 15.1 Å². The van der Waals surface area contributed by atoms with Crippen molar-refractivity contribution in [2.24, 2.45) is 5.14 Å². The highest BCUT2D eigenvalue weighted by atomic mass is 32.2. The van der Waals surface area contributed by atoms with Gasteiger partial charge >= 0.3 is 0 Å². The molecule has 1 atom stereocenters. The lowest BCUT2D eigenvalue weighted by atomic mass is 10.1. The topological polar surface area (TPSA) is 156 Å². The van der Waals surface area contributed by atoms with Gasteiger partial charge in [-0.1, -0.05) is 30.3 Å². The minimum atomic E-state index is -3.79. The second-order valence-electron chi connectivity index (χ2n) is 8.01. The maximum Gasteiger partial charge on any atom is 0.287 e. The van der Waals surface area contributed by atoms with Crippen LogP contribution in [0.3, 0.4) is 0 Å². The molecule has 4 aromatic rings. The number of para-hydroxylation sites is 1. The van der Waals surface area contributed by atoms with Crippen LogP contribution in [0.4, 0.5) is 5.69 Å². The SMILES string of the molecule is NS(=O)(=O)NCCCC[C@@H](NC(=O)c1cc2ccccc2o1)C(=O)Nc1ccc2cccnc2c1. The number of pyridine rings is 1. The van der Waals surface area contributed by atoms with Crippen molar-refractivity contribution in [3.63, 3.8) is 0 Å². The maximum absolute atomic E-state index is 13.1. The molecule has 35 heavy (non-hydrogen) atoms. The largest absolute Gasteiger partial charge is 0.451 e. The summed E-state index contributed by atoms with van der Waals surface area (Å²) in [4.78, 5) is 30.3. The fourth-order valence-corrected chi connectivity index (χ4v) is 4.08. The van der Waals surface area contributed by atoms with E-state index in [0.717, 1.165) is 16.3 Å². The Morgan fingerprint density at radius 3 is 2.60 bits per heavy atom. The van der Waals surface area contributed by atoms with E-state index in [9.17, 15) is 18.0 Å². The standard InChI is InChI=1S/C24H25N5O5S/c25-35(32,33)27-13-4-3-8-19(29-24(31)22-14-17-6-1-2-9-21(17)34-22)23(30)28-18-11-10-16-7-5-12-26-20(16)15-18/h1-2,5-7,9-12,14-15,19,27H,3-4,8,13H2,(H,28,30)(H,29,31)(H2,25,32,33)/t19-/m1/s1. The number of fused-ring (bicyclic) bond motifs is 2. The fourth-order valence-electron chi connectivity index (χ4n) is 3.65. The number of amides is 2. The normalized spacial score (nSPS) is 12.5. The number of hydrogen-bond donors (Lipinski definition) is 4. The van der Waals surface area contributed by atoms with Crippen LogP contribution in [0.25, 0.3) is 21.9 Å². The van der Waals surface area contributed by atoms with E-state index >= 15 is 0 Å². The van der Waals surface area contributed by atoms with Gasteiger partial charge in [0.1, 0.15) is 11.6 Å². The average molecular weight is 496 g/mol. The molecular formula is C24H25N5O5S. The molecule has 0 aliphatic heterocycles. The lowest BCUT2D eigenvalue weighted by Gasteiger charge is -2.18. The van der Waals surface area contributed by atoms with Gasteiger partial charge in [-0.2, -0.15) is 8.42 Å². The van der Waals surface area contributed by atoms with Crippen molar-refractivity contribution >= 4 is 49.6 Å². The van der Waals surface area contributed by atoms with E-state index in [0.29, 0.717) is 24.1 Å². The minimum absolute atomic E-state index is 0.0924. The molecule has 11 heteroatoms. The molecule has 0 aliphatic carbocycles. The second kappa shape index (κ2) is 10.6. The molecule has 0 aliphatic rings. The molecule has 0 fully saturated rings. The van der Waals surface area contributed by atoms with Gasteiger partial charge in [0.05, 0.1) is 5.52 Å². The van der Waals surface area contributed by atoms with Gasteiger partial charge in [0.2, 0.25) is 5.91 Å². The molecule has 0 saturated carbocycles. The number of carbonyl (C=O) groups excluding carboxylic acids is 2. The first-order chi connectivity index (χ1) is 16.8. The number of nitrogens with two attached hydrogens (primary N) is 1. The quantitative estimate of drug-likeness (QED) is 0.248. The summed E-state index contributed by atoms with van der Waals surface area (Å²) in [7, 11) is -3.79. The molecule has 4 rings (SSSR count). The third-order valence-electron chi connectivity index (χ3n) is 5.37. The Morgan fingerprint density at radius 1 is 1.00 bits per heavy atom. The third kappa shape index (κ3) is 6.63. The summed E-state index contributed by atoms with van der Waals surface area (Å²) in [5.41, 5.74) is 1.83. The summed E-state index contributed by atoms with van der Waals surface area (Å²) in [5, 5.41) is 12.2. The average Bonchev–Trinajstić information content (AvgIpc) is 3.27. The summed E-state index contributed by atoms with van der Waals surface area (Å²) < 4.78 is 29.9. The number of furan rings is 1. The van der Waals surface area contributed by atoms with Crippen LogP contribution in [0.1, 0.15) is 29.8 Å². The lowest BCUT2D eigenvalue weighted by Crippen LogP contribution is -2.43. The van der Waals surface area contributed by atoms with Crippen LogP contribution in [0.2, 0.25) is 0 Å². The van der Waals surface area contributed by atoms with E-state index in [2.05, 4.69) is 20.3 Å². The van der Waals surface area contributed by atoms with Crippen molar-refractivity contribution in [1.82, 2.24) is 15.0 Å². The van der Waals surface area contributed by atoms with Crippen molar-refractivity contribution in [1.29, 1.82) is 0 Å². The Labute approximate surface area is 202 Å². The first-order valence-electron chi connectivity index (χ1n) is 11.0. The van der Waals surface area contributed by atoms with Crippen LogP contribution >= 0.6 is 0 Å². The predicted molar refractivity (Wildman–Crippen MR) is 133 cm³/mol.